The zero-order valence-corrected chi connectivity index (χ0v) is 23.9. The van der Waals surface area contributed by atoms with Gasteiger partial charge in [0.15, 0.2) is 17.0 Å². The number of rotatable bonds is 6. The number of fused-ring (bicyclic) bond motifs is 5. The Morgan fingerprint density at radius 1 is 1.16 bits per heavy atom. The number of benzene rings is 2. The van der Waals surface area contributed by atoms with Crippen LogP contribution in [-0.2, 0) is 6.54 Å². The number of hydrogen-bond donors (Lipinski definition) is 3. The Bertz CT molecular complexity index is 1770. The van der Waals surface area contributed by atoms with E-state index in [1.165, 1.54) is 6.07 Å². The molecule has 2 unspecified atom stereocenters. The summed E-state index contributed by atoms with van der Waals surface area (Å²) in [5.74, 6) is 3.34. The van der Waals surface area contributed by atoms with E-state index in [4.69, 9.17) is 21.4 Å². The number of anilines is 2. The first kappa shape index (κ1) is 26.6. The van der Waals surface area contributed by atoms with Crippen LogP contribution in [0.2, 0.25) is 0 Å². The van der Waals surface area contributed by atoms with Crippen LogP contribution in [0.25, 0.3) is 21.9 Å². The Balaban J connectivity index is 1.21. The van der Waals surface area contributed by atoms with Crippen LogP contribution in [0.1, 0.15) is 43.2 Å². The first-order valence-electron chi connectivity index (χ1n) is 15.2. The summed E-state index contributed by atoms with van der Waals surface area (Å²) in [6.45, 7) is 3.90. The zero-order valence-electron chi connectivity index (χ0n) is 23.9. The number of aromatic nitrogens is 4. The number of alkyl halides is 1. The molecule has 0 radical (unpaired) electrons. The maximum Gasteiger partial charge on any atom is 0.229 e. The molecule has 222 valence electrons. The number of aromatic hydroxyl groups is 1. The predicted octanol–water partition coefficient (Wildman–Crippen LogP) is 3.78. The Kier molecular flexibility index (Phi) is 6.21. The number of hydrogen-bond acceptors (Lipinski definition) is 8. The Hall–Kier alpha value is -4.01. The number of nitrogens with zero attached hydrogens (tertiary/aromatic N) is 6. The summed E-state index contributed by atoms with van der Waals surface area (Å²) in [5.41, 5.74) is 1.85. The summed E-state index contributed by atoms with van der Waals surface area (Å²) in [7, 11) is 0. The summed E-state index contributed by atoms with van der Waals surface area (Å²) in [5, 5.41) is 19.0. The number of terminal acetylenes is 1. The fourth-order valence-electron chi connectivity index (χ4n) is 7.98. The molecule has 0 spiro atoms. The Morgan fingerprint density at radius 2 is 2.00 bits per heavy atom. The van der Waals surface area contributed by atoms with Gasteiger partial charge in [-0.05, 0) is 67.8 Å². The molecule has 4 saturated heterocycles. The zero-order chi connectivity index (χ0) is 29.3. The number of phenolic OH excluding ortho intramolecular Hbond substituents is 1. The van der Waals surface area contributed by atoms with Gasteiger partial charge in [0, 0.05) is 49.2 Å². The lowest BCUT2D eigenvalue weighted by Crippen LogP contribution is -2.51. The molecule has 0 saturated carbocycles. The lowest BCUT2D eigenvalue weighted by atomic mass is 9.93. The lowest BCUT2D eigenvalue weighted by molar-refractivity contribution is 0.209. The fourth-order valence-corrected chi connectivity index (χ4v) is 7.98. The van der Waals surface area contributed by atoms with Gasteiger partial charge in [-0.25, -0.2) is 13.8 Å². The monoisotopic (exact) mass is 584 g/mol. The van der Waals surface area contributed by atoms with Crippen molar-refractivity contribution >= 4 is 33.7 Å². The summed E-state index contributed by atoms with van der Waals surface area (Å²) in [4.78, 5) is 19.3. The molecule has 6 heterocycles. The molecule has 2 aromatic heterocycles. The van der Waals surface area contributed by atoms with Gasteiger partial charge in [-0.3, -0.25) is 4.90 Å². The lowest BCUT2D eigenvalue weighted by Gasteiger charge is -2.34. The molecule has 8 rings (SSSR count). The summed E-state index contributed by atoms with van der Waals surface area (Å²) >= 11 is 0. The van der Waals surface area contributed by atoms with Gasteiger partial charge in [0.2, 0.25) is 5.95 Å². The normalized spacial score (nSPS) is 26.8. The van der Waals surface area contributed by atoms with E-state index in [0.29, 0.717) is 70.9 Å². The maximum atomic E-state index is 14.8. The smallest absolute Gasteiger partial charge is 0.229 e. The highest BCUT2D eigenvalue weighted by molar-refractivity contribution is 5.93. The van der Waals surface area contributed by atoms with E-state index >= 15 is 0 Å². The average molecular weight is 585 g/mol. The molecule has 2 aromatic carbocycles. The van der Waals surface area contributed by atoms with E-state index in [-0.39, 0.29) is 23.4 Å². The Labute approximate surface area is 248 Å². The minimum atomic E-state index is -0.812. The Morgan fingerprint density at radius 3 is 2.81 bits per heavy atom. The molecule has 0 amide bonds. The second-order valence-electron chi connectivity index (χ2n) is 12.7. The number of nitrogens with one attached hydrogen (secondary N) is 2. The standard InChI is InChI=1S/C32H34F2N8O/c1-2-25-26(34)7-4-19-10-24(43)11-20(27(19)25)13-41-18-36-28-29(35-17-32-8-3-9-42(32)14-21(33)12-32)38-31(39-30(28)41)40-15-22-5-6-23(16-40)37-22/h1,4,7,10-11,18,21-23,37,43H,3,5-6,8-9,12-17H2,(H,35,38,39)/t21-,22?,23?,32+/m1/s1. The molecule has 3 N–H and O–H groups in total. The third kappa shape index (κ3) is 4.46. The van der Waals surface area contributed by atoms with Crippen LogP contribution >= 0.6 is 0 Å². The molecule has 4 fully saturated rings. The highest BCUT2D eigenvalue weighted by Gasteiger charge is 2.48. The highest BCUT2D eigenvalue weighted by atomic mass is 19.1. The van der Waals surface area contributed by atoms with E-state index in [9.17, 15) is 13.9 Å². The third-order valence-corrected chi connectivity index (χ3v) is 9.92. The summed E-state index contributed by atoms with van der Waals surface area (Å²) < 4.78 is 31.2. The molecule has 4 aliphatic heterocycles. The van der Waals surface area contributed by atoms with Crippen molar-refractivity contribution in [2.45, 2.75) is 62.4 Å². The molecule has 11 heteroatoms. The topological polar surface area (TPSA) is 94.4 Å². The summed E-state index contributed by atoms with van der Waals surface area (Å²) in [6, 6.07) is 6.96. The van der Waals surface area contributed by atoms with Crippen molar-refractivity contribution in [3.63, 3.8) is 0 Å². The second-order valence-corrected chi connectivity index (χ2v) is 12.7. The van der Waals surface area contributed by atoms with Crippen LogP contribution < -0.4 is 15.5 Å². The molecule has 43 heavy (non-hydrogen) atoms. The van der Waals surface area contributed by atoms with Gasteiger partial charge in [0.05, 0.1) is 18.4 Å². The van der Waals surface area contributed by atoms with Crippen molar-refractivity contribution in [1.82, 2.24) is 29.7 Å². The van der Waals surface area contributed by atoms with Crippen LogP contribution in [-0.4, -0.2) is 86.0 Å². The SMILES string of the molecule is C#Cc1c(F)ccc2cc(O)cc(Cn3cnc4c(NC[C@@]56CCCN5C[C@H](F)C6)nc(N5CC6CCC(C5)N6)nc43)c12. The van der Waals surface area contributed by atoms with Crippen LogP contribution in [0.5, 0.6) is 5.75 Å². The minimum absolute atomic E-state index is 0.0681. The van der Waals surface area contributed by atoms with E-state index in [1.54, 1.807) is 24.5 Å². The third-order valence-electron chi connectivity index (χ3n) is 9.92. The van der Waals surface area contributed by atoms with Gasteiger partial charge >= 0.3 is 0 Å². The van der Waals surface area contributed by atoms with Crippen molar-refractivity contribution in [2.75, 3.05) is 42.9 Å². The van der Waals surface area contributed by atoms with Crippen LogP contribution in [0.4, 0.5) is 20.5 Å². The number of piperazine rings is 1. The van der Waals surface area contributed by atoms with Gasteiger partial charge in [-0.2, -0.15) is 9.97 Å². The second kappa shape index (κ2) is 10.0. The van der Waals surface area contributed by atoms with Crippen molar-refractivity contribution in [3.8, 4) is 18.1 Å². The summed E-state index contributed by atoms with van der Waals surface area (Å²) in [6.07, 6.45) is 11.4. The number of imidazole rings is 1. The van der Waals surface area contributed by atoms with Gasteiger partial charge in [-0.1, -0.05) is 12.0 Å². The van der Waals surface area contributed by atoms with Crippen molar-refractivity contribution in [1.29, 1.82) is 0 Å². The maximum absolute atomic E-state index is 14.8. The molecule has 4 atom stereocenters. The fraction of sp³-hybridized carbons (Fsp3) is 0.469. The van der Waals surface area contributed by atoms with Gasteiger partial charge < -0.3 is 25.2 Å². The molecule has 4 aliphatic rings. The quantitative estimate of drug-likeness (QED) is 0.295. The van der Waals surface area contributed by atoms with Crippen molar-refractivity contribution in [2.24, 2.45) is 0 Å². The molecule has 9 nitrogen and oxygen atoms in total. The minimum Gasteiger partial charge on any atom is -0.508 e. The largest absolute Gasteiger partial charge is 0.508 e. The molecule has 4 aromatic rings. The van der Waals surface area contributed by atoms with Gasteiger partial charge in [-0.15, -0.1) is 6.42 Å². The van der Waals surface area contributed by atoms with E-state index in [1.807, 2.05) is 4.57 Å². The van der Waals surface area contributed by atoms with Crippen LogP contribution in [0.3, 0.4) is 0 Å². The number of halogens is 2. The van der Waals surface area contributed by atoms with E-state index < -0.39 is 12.0 Å². The molecule has 0 aliphatic carbocycles. The average Bonchev–Trinajstić information content (AvgIpc) is 3.74. The van der Waals surface area contributed by atoms with Crippen molar-refractivity contribution in [3.05, 3.63) is 47.5 Å². The van der Waals surface area contributed by atoms with Crippen LogP contribution in [0.15, 0.2) is 30.6 Å². The van der Waals surface area contributed by atoms with Crippen LogP contribution in [0, 0.1) is 18.2 Å². The molecular formula is C32H34F2N8O. The van der Waals surface area contributed by atoms with E-state index in [2.05, 4.69) is 26.4 Å². The highest BCUT2D eigenvalue weighted by Crippen LogP contribution is 2.40. The predicted molar refractivity (Wildman–Crippen MR) is 162 cm³/mol. The van der Waals surface area contributed by atoms with Gasteiger partial charge in [0.25, 0.3) is 0 Å². The number of phenols is 1. The molecular weight excluding hydrogens is 550 g/mol. The first-order valence-corrected chi connectivity index (χ1v) is 15.2. The van der Waals surface area contributed by atoms with E-state index in [0.717, 1.165) is 45.3 Å². The molecule has 2 bridgehead atoms. The van der Waals surface area contributed by atoms with Crippen molar-refractivity contribution < 1.29 is 13.9 Å². The first-order chi connectivity index (χ1) is 20.9. The van der Waals surface area contributed by atoms with Gasteiger partial charge in [0.1, 0.15) is 17.7 Å².